The van der Waals surface area contributed by atoms with Crippen molar-refractivity contribution < 1.29 is 29.4 Å². The number of nitrogens with zero attached hydrogens (tertiary/aromatic N) is 2. The van der Waals surface area contributed by atoms with Crippen LogP contribution < -0.4 is 0 Å². The van der Waals surface area contributed by atoms with Gasteiger partial charge in [-0.25, -0.2) is 0 Å². The molecule has 316 valence electrons. The lowest BCUT2D eigenvalue weighted by Crippen LogP contribution is -2.52. The summed E-state index contributed by atoms with van der Waals surface area (Å²) < 4.78 is 0. The number of aromatic nitrogens is 2. The largest absolute Gasteiger partial charge is 0.396 e. The number of carbonyl (C=O) groups excluding carboxylic acids is 4. The number of allylic oxidation sites excluding steroid dienone is 4. The lowest BCUT2D eigenvalue weighted by molar-refractivity contribution is -0.193. The lowest BCUT2D eigenvalue weighted by Gasteiger charge is -2.59. The van der Waals surface area contributed by atoms with E-state index < -0.39 is 0 Å². The van der Waals surface area contributed by atoms with Crippen LogP contribution in [0.4, 0.5) is 0 Å². The predicted octanol–water partition coefficient (Wildman–Crippen LogP) is 10.3. The SMILES string of the molecule is CCC[C@@]1(C)[C@H](CO)CC[C@@H]2[C@@H]1CC[C@]1(C)C(c3cccnc3)=CC[C@@H]21.CC[C@@H]1CC[C@@H]2[C@H](CC[C@]3(C)C(c4cccnc4)=CC[C@@H]23)[C@@]1(C)CCO.O=C=O.O=C=O. The summed E-state index contributed by atoms with van der Waals surface area (Å²) in [6.07, 6.45) is 31.1. The average molecular weight is 795 g/mol. The first-order chi connectivity index (χ1) is 27.9. The first kappa shape index (κ1) is 45.5. The lowest BCUT2D eigenvalue weighted by atomic mass is 9.46. The fraction of sp³-hybridized carbons (Fsp3) is 0.680. The monoisotopic (exact) mass is 795 g/mol. The summed E-state index contributed by atoms with van der Waals surface area (Å²) in [5.74, 6) is 6.03. The third-order valence-corrected chi connectivity index (χ3v) is 17.4. The summed E-state index contributed by atoms with van der Waals surface area (Å²) in [5.41, 5.74) is 7.03. The van der Waals surface area contributed by atoms with Crippen LogP contribution in [0.1, 0.15) is 143 Å². The van der Waals surface area contributed by atoms with E-state index in [9.17, 15) is 10.2 Å². The summed E-state index contributed by atoms with van der Waals surface area (Å²) in [5, 5.41) is 19.9. The fourth-order valence-electron chi connectivity index (χ4n) is 14.7. The third-order valence-electron chi connectivity index (χ3n) is 17.4. The molecule has 8 rings (SSSR count). The van der Waals surface area contributed by atoms with E-state index in [1.807, 2.05) is 12.4 Å². The van der Waals surface area contributed by atoms with Gasteiger partial charge < -0.3 is 10.2 Å². The van der Waals surface area contributed by atoms with Gasteiger partial charge in [0.05, 0.1) is 0 Å². The fourth-order valence-corrected chi connectivity index (χ4v) is 14.7. The molecule has 8 nitrogen and oxygen atoms in total. The zero-order chi connectivity index (χ0) is 42.1. The quantitative estimate of drug-likeness (QED) is 0.270. The zero-order valence-corrected chi connectivity index (χ0v) is 36.1. The Morgan fingerprint density at radius 2 is 1.09 bits per heavy atom. The van der Waals surface area contributed by atoms with Crippen molar-refractivity contribution in [1.82, 2.24) is 9.97 Å². The van der Waals surface area contributed by atoms with Gasteiger partial charge in [-0.2, -0.15) is 19.2 Å². The molecule has 0 aromatic carbocycles. The molecule has 0 spiro atoms. The Hall–Kier alpha value is -3.54. The van der Waals surface area contributed by atoms with Gasteiger partial charge in [-0.3, -0.25) is 9.97 Å². The molecule has 0 amide bonds. The van der Waals surface area contributed by atoms with Gasteiger partial charge in [0.2, 0.25) is 0 Å². The molecule has 0 saturated heterocycles. The van der Waals surface area contributed by atoms with Crippen LogP contribution in [0.15, 0.2) is 61.2 Å². The van der Waals surface area contributed by atoms with Crippen molar-refractivity contribution in [1.29, 1.82) is 0 Å². The summed E-state index contributed by atoms with van der Waals surface area (Å²) >= 11 is 0. The summed E-state index contributed by atoms with van der Waals surface area (Å²) in [6.45, 7) is 15.4. The smallest absolute Gasteiger partial charge is 0.373 e. The van der Waals surface area contributed by atoms with E-state index in [1.165, 1.54) is 94.6 Å². The molecule has 0 unspecified atom stereocenters. The predicted molar refractivity (Wildman–Crippen MR) is 225 cm³/mol. The second-order valence-corrected chi connectivity index (χ2v) is 19.4. The van der Waals surface area contributed by atoms with E-state index in [2.05, 4.69) is 100 Å². The Balaban J connectivity index is 0.000000195. The first-order valence-electron chi connectivity index (χ1n) is 22.3. The van der Waals surface area contributed by atoms with Crippen LogP contribution in [0.25, 0.3) is 11.1 Å². The molecule has 0 bridgehead atoms. The average Bonchev–Trinajstić information content (AvgIpc) is 3.77. The number of aliphatic hydroxyl groups excluding tert-OH is 2. The Labute approximate surface area is 347 Å². The molecule has 4 saturated carbocycles. The molecule has 2 aromatic rings. The number of hydrogen-bond acceptors (Lipinski definition) is 8. The van der Waals surface area contributed by atoms with E-state index in [4.69, 9.17) is 19.2 Å². The third kappa shape index (κ3) is 8.42. The second-order valence-electron chi connectivity index (χ2n) is 19.4. The van der Waals surface area contributed by atoms with Crippen LogP contribution >= 0.6 is 0 Å². The number of fused-ring (bicyclic) bond motifs is 6. The summed E-state index contributed by atoms with van der Waals surface area (Å²) in [6, 6.07) is 8.62. The Bertz CT molecular complexity index is 1640. The second kappa shape index (κ2) is 19.7. The van der Waals surface area contributed by atoms with Gasteiger partial charge in [0.15, 0.2) is 0 Å². The van der Waals surface area contributed by atoms with Crippen LogP contribution in [-0.2, 0) is 19.2 Å². The topological polar surface area (TPSA) is 135 Å². The Kier molecular flexibility index (Phi) is 15.5. The number of rotatable bonds is 8. The van der Waals surface area contributed by atoms with Gasteiger partial charge in [-0.05, 0) is 180 Å². The molecule has 2 heterocycles. The van der Waals surface area contributed by atoms with E-state index in [-0.39, 0.29) is 12.3 Å². The van der Waals surface area contributed by atoms with Crippen LogP contribution in [0.2, 0.25) is 0 Å². The highest BCUT2D eigenvalue weighted by atomic mass is 16.3. The number of pyridine rings is 2. The molecular weight excluding hydrogens is 725 g/mol. The van der Waals surface area contributed by atoms with Crippen molar-refractivity contribution in [3.63, 3.8) is 0 Å². The minimum atomic E-state index is 0.250. The summed E-state index contributed by atoms with van der Waals surface area (Å²) in [4.78, 5) is 41.3. The normalized spacial score (nSPS) is 38.0. The molecule has 6 aliphatic carbocycles. The van der Waals surface area contributed by atoms with Gasteiger partial charge in [0.1, 0.15) is 0 Å². The molecule has 58 heavy (non-hydrogen) atoms. The van der Waals surface area contributed by atoms with Gasteiger partial charge >= 0.3 is 12.3 Å². The zero-order valence-electron chi connectivity index (χ0n) is 36.1. The van der Waals surface area contributed by atoms with Crippen molar-refractivity contribution in [2.75, 3.05) is 13.2 Å². The van der Waals surface area contributed by atoms with Crippen LogP contribution in [0, 0.1) is 69.0 Å². The first-order valence-corrected chi connectivity index (χ1v) is 22.3. The minimum absolute atomic E-state index is 0.250. The standard InChI is InChI=1S/2C24H35NO.2CO2/c1-4-18-7-8-19-21-10-9-20(17-6-5-14-25-16-17)24(21,3)12-11-22(19)23(18,2)13-15-26;1-4-12-23(2)18(16-26)7-8-19-21-10-9-20(17-6-5-14-25-15-17)24(21,3)13-11-22(19)23;2*2-1-3/h5-6,9,14,16,18-19,21-22,26H,4,7-8,10-13,15H2,1-3H3;5-6,9,14-15,18-19,21-22,26H,4,7-8,10-13,16H2,1-3H3;;/t18-,19+,21+,22+,23+,24-;18-,19-,21-,22-,23-,24+;;/m10../s1. The molecule has 8 heteroatoms. The number of aliphatic hydroxyl groups is 2. The minimum Gasteiger partial charge on any atom is -0.396 e. The highest BCUT2D eigenvalue weighted by Crippen LogP contribution is 2.68. The molecule has 2 aromatic heterocycles. The maximum Gasteiger partial charge on any atom is 0.373 e. The highest BCUT2D eigenvalue weighted by molar-refractivity contribution is 5.73. The molecule has 6 aliphatic rings. The number of hydrogen-bond donors (Lipinski definition) is 2. The molecule has 2 N–H and O–H groups in total. The van der Waals surface area contributed by atoms with E-state index in [0.717, 1.165) is 47.8 Å². The van der Waals surface area contributed by atoms with Crippen molar-refractivity contribution >= 4 is 23.4 Å². The van der Waals surface area contributed by atoms with Crippen molar-refractivity contribution in [3.8, 4) is 0 Å². The molecule has 4 fully saturated rings. The summed E-state index contributed by atoms with van der Waals surface area (Å²) in [7, 11) is 0. The molecule has 0 aliphatic heterocycles. The van der Waals surface area contributed by atoms with E-state index in [1.54, 1.807) is 11.1 Å². The van der Waals surface area contributed by atoms with Crippen LogP contribution in [0.5, 0.6) is 0 Å². The Morgan fingerprint density at radius 3 is 1.47 bits per heavy atom. The van der Waals surface area contributed by atoms with Gasteiger partial charge in [-0.15, -0.1) is 0 Å². The van der Waals surface area contributed by atoms with Gasteiger partial charge in [0, 0.05) is 38.0 Å². The van der Waals surface area contributed by atoms with Crippen molar-refractivity contribution in [2.45, 2.75) is 131 Å². The van der Waals surface area contributed by atoms with Crippen LogP contribution in [-0.4, -0.2) is 45.7 Å². The maximum atomic E-state index is 10.1. The molecule has 0 radical (unpaired) electrons. The highest BCUT2D eigenvalue weighted by Gasteiger charge is 2.59. The van der Waals surface area contributed by atoms with Crippen molar-refractivity contribution in [3.05, 3.63) is 72.3 Å². The van der Waals surface area contributed by atoms with E-state index >= 15 is 0 Å². The molecular formula is C50H70N2O6. The van der Waals surface area contributed by atoms with Gasteiger partial charge in [0.25, 0.3) is 0 Å². The molecule has 12 atom stereocenters. The van der Waals surface area contributed by atoms with E-state index in [0.29, 0.717) is 40.8 Å². The maximum absolute atomic E-state index is 10.1. The Morgan fingerprint density at radius 1 is 0.638 bits per heavy atom. The van der Waals surface area contributed by atoms with Crippen LogP contribution in [0.3, 0.4) is 0 Å². The van der Waals surface area contributed by atoms with Gasteiger partial charge in [-0.1, -0.05) is 78.7 Å². The van der Waals surface area contributed by atoms with Crippen molar-refractivity contribution in [2.24, 2.45) is 69.0 Å².